The van der Waals surface area contributed by atoms with E-state index in [1.807, 2.05) is 18.2 Å². The fraction of sp³-hybridized carbons (Fsp3) is 0.567. The van der Waals surface area contributed by atoms with Crippen LogP contribution >= 0.6 is 0 Å². The molecule has 0 unspecified atom stereocenters. The lowest BCUT2D eigenvalue weighted by molar-refractivity contribution is -0.117. The normalized spacial score (nSPS) is 34.1. The summed E-state index contributed by atoms with van der Waals surface area (Å²) >= 11 is 0. The highest BCUT2D eigenvalue weighted by Gasteiger charge is 2.22. The molecule has 0 aromatic carbocycles. The number of carbonyl (C=O) groups excluding carboxylic acids is 1. The zero-order valence-electron chi connectivity index (χ0n) is 21.7. The van der Waals surface area contributed by atoms with Crippen molar-refractivity contribution >= 4 is 5.91 Å². The van der Waals surface area contributed by atoms with E-state index in [4.69, 9.17) is 9.47 Å². The molecule has 0 radical (unpaired) electrons. The summed E-state index contributed by atoms with van der Waals surface area (Å²) in [7, 11) is 0. The molecule has 0 saturated heterocycles. The molecule has 7 atom stereocenters. The quantitative estimate of drug-likeness (QED) is 0.501. The molecule has 0 spiro atoms. The largest absolute Gasteiger partial charge is 0.389 e. The van der Waals surface area contributed by atoms with Crippen molar-refractivity contribution < 1.29 is 24.5 Å². The van der Waals surface area contributed by atoms with E-state index in [2.05, 4.69) is 44.0 Å². The molecule has 3 rings (SSSR count). The van der Waals surface area contributed by atoms with Gasteiger partial charge in [0.15, 0.2) is 0 Å². The molecule has 0 aromatic rings. The fourth-order valence-corrected chi connectivity index (χ4v) is 4.96. The molecule has 0 fully saturated rings. The smallest absolute Gasteiger partial charge is 0.243 e. The van der Waals surface area contributed by atoms with E-state index in [0.29, 0.717) is 31.8 Å². The molecule has 0 aromatic heterocycles. The number of carbonyl (C=O) groups is 1. The number of hydrogen-bond acceptors (Lipinski definition) is 5. The topological polar surface area (TPSA) is 88.0 Å². The average molecular weight is 498 g/mol. The molecular weight excluding hydrogens is 454 g/mol. The van der Waals surface area contributed by atoms with Gasteiger partial charge in [0.2, 0.25) is 5.91 Å². The van der Waals surface area contributed by atoms with Crippen LogP contribution < -0.4 is 5.32 Å². The second kappa shape index (κ2) is 14.5. The summed E-state index contributed by atoms with van der Waals surface area (Å²) in [5.41, 5.74) is 2.27. The fourth-order valence-electron chi connectivity index (χ4n) is 4.96. The maximum Gasteiger partial charge on any atom is 0.243 e. The Morgan fingerprint density at radius 1 is 1.14 bits per heavy atom. The molecule has 6 nitrogen and oxygen atoms in total. The van der Waals surface area contributed by atoms with Crippen LogP contribution in [-0.2, 0) is 14.3 Å². The summed E-state index contributed by atoms with van der Waals surface area (Å²) in [6.45, 7) is 9.00. The maximum atomic E-state index is 12.7. The van der Waals surface area contributed by atoms with Crippen molar-refractivity contribution in [1.29, 1.82) is 0 Å². The van der Waals surface area contributed by atoms with Crippen LogP contribution in [0.3, 0.4) is 0 Å². The first-order valence-corrected chi connectivity index (χ1v) is 13.2. The average Bonchev–Trinajstić information content (AvgIpc) is 2.81. The highest BCUT2D eigenvalue weighted by Crippen LogP contribution is 2.25. The van der Waals surface area contributed by atoms with E-state index in [0.717, 1.165) is 31.3 Å². The highest BCUT2D eigenvalue weighted by atomic mass is 16.5. The summed E-state index contributed by atoms with van der Waals surface area (Å²) in [6.07, 6.45) is 20.1. The monoisotopic (exact) mass is 497 g/mol. The second-order valence-electron chi connectivity index (χ2n) is 10.4. The van der Waals surface area contributed by atoms with E-state index < -0.39 is 18.2 Å². The summed E-state index contributed by atoms with van der Waals surface area (Å²) in [6, 6.07) is -0.542. The van der Waals surface area contributed by atoms with Gasteiger partial charge in [0, 0.05) is 0 Å². The van der Waals surface area contributed by atoms with Gasteiger partial charge in [-0.05, 0) is 63.9 Å². The number of hydrogen-bond donors (Lipinski definition) is 3. The minimum absolute atomic E-state index is 0.0517. The highest BCUT2D eigenvalue weighted by molar-refractivity contribution is 5.87. The number of ether oxygens (including phenoxy) is 2. The van der Waals surface area contributed by atoms with Gasteiger partial charge >= 0.3 is 0 Å². The van der Waals surface area contributed by atoms with Crippen molar-refractivity contribution in [3.63, 3.8) is 0 Å². The zero-order valence-corrected chi connectivity index (χ0v) is 21.7. The van der Waals surface area contributed by atoms with Crippen LogP contribution in [0.5, 0.6) is 0 Å². The minimum atomic E-state index is -0.897. The molecule has 3 aliphatic rings. The van der Waals surface area contributed by atoms with Gasteiger partial charge in [0.25, 0.3) is 0 Å². The number of rotatable bonds is 3. The molecule has 3 aliphatic heterocycles. The third-order valence-corrected chi connectivity index (χ3v) is 6.83. The Bertz CT molecular complexity index is 886. The first kappa shape index (κ1) is 28.3. The van der Waals surface area contributed by atoms with Crippen molar-refractivity contribution in [1.82, 2.24) is 5.32 Å². The Hall–Kier alpha value is -2.25. The molecule has 0 aliphatic carbocycles. The Morgan fingerprint density at radius 2 is 1.94 bits per heavy atom. The number of aliphatic hydroxyl groups excluding tert-OH is 2. The van der Waals surface area contributed by atoms with Crippen LogP contribution in [0, 0.1) is 5.92 Å². The van der Waals surface area contributed by atoms with Gasteiger partial charge in [-0.1, -0.05) is 73.3 Å². The van der Waals surface area contributed by atoms with Gasteiger partial charge in [-0.15, -0.1) is 0 Å². The van der Waals surface area contributed by atoms with E-state index >= 15 is 0 Å². The van der Waals surface area contributed by atoms with Gasteiger partial charge in [0.1, 0.15) is 0 Å². The van der Waals surface area contributed by atoms with Crippen LogP contribution in [0.4, 0.5) is 0 Å². The van der Waals surface area contributed by atoms with Crippen LogP contribution in [0.15, 0.2) is 72.4 Å². The first-order valence-electron chi connectivity index (χ1n) is 13.2. The summed E-state index contributed by atoms with van der Waals surface area (Å²) in [5.74, 6) is 0.137. The van der Waals surface area contributed by atoms with Crippen LogP contribution in [-0.4, -0.2) is 59.3 Å². The molecule has 2 bridgehead atoms. The van der Waals surface area contributed by atoms with Gasteiger partial charge < -0.3 is 25.0 Å². The number of nitrogens with one attached hydrogen (secondary N) is 1. The van der Waals surface area contributed by atoms with Gasteiger partial charge in [0.05, 0.1) is 43.2 Å². The minimum Gasteiger partial charge on any atom is -0.389 e. The predicted molar refractivity (Wildman–Crippen MR) is 143 cm³/mol. The van der Waals surface area contributed by atoms with Gasteiger partial charge in [-0.2, -0.15) is 0 Å². The maximum absolute atomic E-state index is 12.7. The molecule has 0 saturated carbocycles. The third kappa shape index (κ3) is 10.0. The van der Waals surface area contributed by atoms with E-state index in [1.54, 1.807) is 12.2 Å². The van der Waals surface area contributed by atoms with Crippen molar-refractivity contribution in [3.05, 3.63) is 72.4 Å². The molecule has 3 heterocycles. The molecule has 6 heteroatoms. The van der Waals surface area contributed by atoms with Crippen LogP contribution in [0.2, 0.25) is 0 Å². The summed E-state index contributed by atoms with van der Waals surface area (Å²) in [4.78, 5) is 12.7. The van der Waals surface area contributed by atoms with Gasteiger partial charge in [-0.3, -0.25) is 4.79 Å². The van der Waals surface area contributed by atoms with E-state index in [1.165, 1.54) is 11.6 Å². The third-order valence-electron chi connectivity index (χ3n) is 6.83. The predicted octanol–water partition coefficient (Wildman–Crippen LogP) is 4.47. The second-order valence-corrected chi connectivity index (χ2v) is 10.4. The van der Waals surface area contributed by atoms with Crippen molar-refractivity contribution in [3.8, 4) is 0 Å². The Morgan fingerprint density at radius 3 is 2.75 bits per heavy atom. The lowest BCUT2D eigenvalue weighted by Crippen LogP contribution is -2.41. The number of fused-ring (bicyclic) bond motifs is 2. The zero-order chi connectivity index (χ0) is 25.9. The van der Waals surface area contributed by atoms with Crippen molar-refractivity contribution in [2.45, 2.75) is 95.4 Å². The van der Waals surface area contributed by atoms with E-state index in [-0.39, 0.29) is 24.2 Å². The van der Waals surface area contributed by atoms with Crippen molar-refractivity contribution in [2.75, 3.05) is 6.61 Å². The van der Waals surface area contributed by atoms with E-state index in [9.17, 15) is 15.0 Å². The SMILES string of the molecule is C=C1C[C@H](C)C[C@@H]2CC=C[C@@H](CC=CC(=O)N[C@H]([C@@H](O)C=C[C@@H]3CC(C)=CCO3)CC=C[C@@H](O)C1)O2. The van der Waals surface area contributed by atoms with Crippen molar-refractivity contribution in [2.24, 2.45) is 5.92 Å². The Labute approximate surface area is 216 Å². The standard InChI is InChI=1S/C30H43NO5/c1-21-15-16-35-26(19-21)13-14-29(33)28-11-4-7-24(32)18-22(2)17-23(3)20-27-10-5-8-25(36-27)9-6-12-30(34)31-28/h4-8,12-15,23-29,32-33H,2,9-11,16-20H2,1,3H3,(H,31,34)/t23-,24+,25-,26+,27-,28-,29-/m0/s1. The number of amides is 1. The Kier molecular flexibility index (Phi) is 11.4. The lowest BCUT2D eigenvalue weighted by Gasteiger charge is -2.28. The molecule has 1 amide bonds. The molecule has 36 heavy (non-hydrogen) atoms. The molecular formula is C30H43NO5. The Balaban J connectivity index is 1.70. The summed E-state index contributed by atoms with van der Waals surface area (Å²) < 4.78 is 11.9. The van der Waals surface area contributed by atoms with Crippen LogP contribution in [0.25, 0.3) is 0 Å². The van der Waals surface area contributed by atoms with Gasteiger partial charge in [-0.25, -0.2) is 0 Å². The first-order chi connectivity index (χ1) is 17.3. The summed E-state index contributed by atoms with van der Waals surface area (Å²) in [5, 5.41) is 24.3. The lowest BCUT2D eigenvalue weighted by atomic mass is 9.91. The molecule has 3 N–H and O–H groups in total. The van der Waals surface area contributed by atoms with Crippen LogP contribution in [0.1, 0.15) is 58.8 Å². The molecule has 198 valence electrons. The number of aliphatic hydroxyl groups is 2.